The molecule has 17 heavy (non-hydrogen) atoms. The minimum absolute atomic E-state index is 0.0523. The number of rotatable bonds is 3. The first-order valence-electron chi connectivity index (χ1n) is 5.55. The van der Waals surface area contributed by atoms with Crippen LogP contribution in [0.5, 0.6) is 5.75 Å². The molecule has 0 aromatic heterocycles. The summed E-state index contributed by atoms with van der Waals surface area (Å²) in [5.74, 6) is 0.355. The van der Waals surface area contributed by atoms with Crippen LogP contribution >= 0.6 is 0 Å². The second-order valence-electron chi connectivity index (χ2n) is 5.20. The van der Waals surface area contributed by atoms with E-state index in [1.807, 2.05) is 0 Å². The Morgan fingerprint density at radius 1 is 1.41 bits per heavy atom. The van der Waals surface area contributed by atoms with E-state index < -0.39 is 0 Å². The average molecular weight is 236 g/mol. The SMILES string of the molecule is COc1cc(N)ccc1C(=O)NCC(C)(C)C. The highest BCUT2D eigenvalue weighted by atomic mass is 16.5. The van der Waals surface area contributed by atoms with E-state index in [9.17, 15) is 4.79 Å². The predicted octanol–water partition coefficient (Wildman–Crippen LogP) is 2.05. The molecule has 4 heteroatoms. The third kappa shape index (κ3) is 3.98. The van der Waals surface area contributed by atoms with Crippen molar-refractivity contribution in [2.45, 2.75) is 20.8 Å². The maximum atomic E-state index is 12.0. The molecular weight excluding hydrogens is 216 g/mol. The zero-order valence-corrected chi connectivity index (χ0v) is 10.8. The van der Waals surface area contributed by atoms with Crippen molar-refractivity contribution in [1.82, 2.24) is 5.32 Å². The second kappa shape index (κ2) is 5.08. The van der Waals surface area contributed by atoms with Gasteiger partial charge in [0.15, 0.2) is 0 Å². The summed E-state index contributed by atoms with van der Waals surface area (Å²) in [6.07, 6.45) is 0. The number of nitrogens with two attached hydrogens (primary N) is 1. The Morgan fingerprint density at radius 2 is 2.06 bits per heavy atom. The lowest BCUT2D eigenvalue weighted by molar-refractivity contribution is 0.0936. The maximum Gasteiger partial charge on any atom is 0.255 e. The van der Waals surface area contributed by atoms with Crippen molar-refractivity contribution in [2.24, 2.45) is 5.41 Å². The molecule has 0 saturated heterocycles. The van der Waals surface area contributed by atoms with Crippen LogP contribution in [0, 0.1) is 5.41 Å². The quantitative estimate of drug-likeness (QED) is 0.789. The van der Waals surface area contributed by atoms with E-state index in [-0.39, 0.29) is 11.3 Å². The molecule has 0 aliphatic heterocycles. The van der Waals surface area contributed by atoms with Crippen molar-refractivity contribution in [1.29, 1.82) is 0 Å². The predicted molar refractivity (Wildman–Crippen MR) is 69.2 cm³/mol. The molecule has 0 aliphatic carbocycles. The van der Waals surface area contributed by atoms with Crippen LogP contribution < -0.4 is 15.8 Å². The first-order valence-corrected chi connectivity index (χ1v) is 5.55. The Kier molecular flexibility index (Phi) is 3.99. The molecule has 0 spiro atoms. The Bertz CT molecular complexity index is 408. The van der Waals surface area contributed by atoms with Crippen molar-refractivity contribution in [3.8, 4) is 5.75 Å². The number of carbonyl (C=O) groups is 1. The van der Waals surface area contributed by atoms with Gasteiger partial charge in [0.05, 0.1) is 12.7 Å². The minimum Gasteiger partial charge on any atom is -0.496 e. The fourth-order valence-electron chi connectivity index (χ4n) is 1.34. The van der Waals surface area contributed by atoms with Crippen molar-refractivity contribution >= 4 is 11.6 Å². The number of ether oxygens (including phenoxy) is 1. The van der Waals surface area contributed by atoms with Gasteiger partial charge in [-0.05, 0) is 17.5 Å². The highest BCUT2D eigenvalue weighted by Crippen LogP contribution is 2.21. The fourth-order valence-corrected chi connectivity index (χ4v) is 1.34. The first-order chi connectivity index (χ1) is 7.83. The van der Waals surface area contributed by atoms with Crippen molar-refractivity contribution in [2.75, 3.05) is 19.4 Å². The minimum atomic E-state index is -0.142. The number of benzene rings is 1. The first kappa shape index (κ1) is 13.4. The molecule has 0 aliphatic rings. The number of hydrogen-bond donors (Lipinski definition) is 2. The Morgan fingerprint density at radius 3 is 2.59 bits per heavy atom. The molecule has 1 aromatic carbocycles. The number of nitrogen functional groups attached to an aromatic ring is 1. The van der Waals surface area contributed by atoms with E-state index in [0.717, 1.165) is 0 Å². The smallest absolute Gasteiger partial charge is 0.255 e. The highest BCUT2D eigenvalue weighted by molar-refractivity contribution is 5.97. The molecule has 1 amide bonds. The van der Waals surface area contributed by atoms with Gasteiger partial charge in [0.2, 0.25) is 0 Å². The number of nitrogens with one attached hydrogen (secondary N) is 1. The molecule has 1 aromatic rings. The maximum absolute atomic E-state index is 12.0. The van der Waals surface area contributed by atoms with E-state index in [4.69, 9.17) is 10.5 Å². The van der Waals surface area contributed by atoms with Gasteiger partial charge < -0.3 is 15.8 Å². The summed E-state index contributed by atoms with van der Waals surface area (Å²) in [5.41, 5.74) is 6.77. The lowest BCUT2D eigenvalue weighted by atomic mass is 9.97. The molecule has 0 bridgehead atoms. The Labute approximate surface area is 102 Å². The van der Waals surface area contributed by atoms with Crippen LogP contribution in [0.2, 0.25) is 0 Å². The number of methoxy groups -OCH3 is 1. The van der Waals surface area contributed by atoms with Crippen LogP contribution in [0.25, 0.3) is 0 Å². The van der Waals surface area contributed by atoms with Crippen LogP contribution in [0.3, 0.4) is 0 Å². The Hall–Kier alpha value is -1.71. The molecule has 0 saturated carbocycles. The van der Waals surface area contributed by atoms with Gasteiger partial charge in [-0.1, -0.05) is 20.8 Å². The third-order valence-corrected chi connectivity index (χ3v) is 2.25. The molecule has 0 heterocycles. The van der Waals surface area contributed by atoms with Crippen LogP contribution in [-0.2, 0) is 0 Å². The standard InChI is InChI=1S/C13H20N2O2/c1-13(2,3)8-15-12(16)10-6-5-9(14)7-11(10)17-4/h5-7H,8,14H2,1-4H3,(H,15,16). The molecule has 1 rings (SSSR count). The summed E-state index contributed by atoms with van der Waals surface area (Å²) >= 11 is 0. The lowest BCUT2D eigenvalue weighted by Gasteiger charge is -2.19. The zero-order valence-electron chi connectivity index (χ0n) is 10.8. The van der Waals surface area contributed by atoms with Crippen molar-refractivity contribution in [3.63, 3.8) is 0 Å². The molecule has 0 unspecified atom stereocenters. The monoisotopic (exact) mass is 236 g/mol. The molecule has 4 nitrogen and oxygen atoms in total. The van der Waals surface area contributed by atoms with E-state index in [1.165, 1.54) is 7.11 Å². The van der Waals surface area contributed by atoms with Crippen LogP contribution in [0.1, 0.15) is 31.1 Å². The topological polar surface area (TPSA) is 64.3 Å². The summed E-state index contributed by atoms with van der Waals surface area (Å²) in [7, 11) is 1.52. The van der Waals surface area contributed by atoms with Gasteiger partial charge in [0, 0.05) is 18.3 Å². The summed E-state index contributed by atoms with van der Waals surface area (Å²) < 4.78 is 5.14. The summed E-state index contributed by atoms with van der Waals surface area (Å²) in [6.45, 7) is 6.80. The average Bonchev–Trinajstić information content (AvgIpc) is 2.24. The van der Waals surface area contributed by atoms with E-state index in [1.54, 1.807) is 18.2 Å². The molecule has 0 atom stereocenters. The molecule has 94 valence electrons. The van der Waals surface area contributed by atoms with Gasteiger partial charge in [-0.3, -0.25) is 4.79 Å². The number of hydrogen-bond acceptors (Lipinski definition) is 3. The van der Waals surface area contributed by atoms with Crippen LogP contribution in [-0.4, -0.2) is 19.6 Å². The summed E-state index contributed by atoms with van der Waals surface area (Å²) in [5, 5.41) is 2.87. The van der Waals surface area contributed by atoms with Gasteiger partial charge in [-0.25, -0.2) is 0 Å². The van der Waals surface area contributed by atoms with Gasteiger partial charge >= 0.3 is 0 Å². The molecule has 0 radical (unpaired) electrons. The molecular formula is C13H20N2O2. The largest absolute Gasteiger partial charge is 0.496 e. The van der Waals surface area contributed by atoms with Gasteiger partial charge in [-0.15, -0.1) is 0 Å². The normalized spacial score (nSPS) is 11.1. The third-order valence-electron chi connectivity index (χ3n) is 2.25. The van der Waals surface area contributed by atoms with Gasteiger partial charge in [0.25, 0.3) is 5.91 Å². The van der Waals surface area contributed by atoms with Crippen LogP contribution in [0.4, 0.5) is 5.69 Å². The zero-order chi connectivity index (χ0) is 13.1. The fraction of sp³-hybridized carbons (Fsp3) is 0.462. The Balaban J connectivity index is 2.82. The summed E-state index contributed by atoms with van der Waals surface area (Å²) in [6, 6.07) is 5.01. The van der Waals surface area contributed by atoms with E-state index in [2.05, 4.69) is 26.1 Å². The van der Waals surface area contributed by atoms with E-state index >= 15 is 0 Å². The molecule has 3 N–H and O–H groups in total. The van der Waals surface area contributed by atoms with Crippen molar-refractivity contribution in [3.05, 3.63) is 23.8 Å². The highest BCUT2D eigenvalue weighted by Gasteiger charge is 2.16. The van der Waals surface area contributed by atoms with Crippen molar-refractivity contribution < 1.29 is 9.53 Å². The number of amides is 1. The van der Waals surface area contributed by atoms with Crippen LogP contribution in [0.15, 0.2) is 18.2 Å². The second-order valence-corrected chi connectivity index (χ2v) is 5.20. The lowest BCUT2D eigenvalue weighted by Crippen LogP contribution is -2.32. The summed E-state index contributed by atoms with van der Waals surface area (Å²) in [4.78, 5) is 12.0. The van der Waals surface area contributed by atoms with Gasteiger partial charge in [0.1, 0.15) is 5.75 Å². The van der Waals surface area contributed by atoms with Gasteiger partial charge in [-0.2, -0.15) is 0 Å². The number of carbonyl (C=O) groups excluding carboxylic acids is 1. The number of anilines is 1. The van der Waals surface area contributed by atoms with E-state index in [0.29, 0.717) is 23.5 Å². The molecule has 0 fully saturated rings.